The highest BCUT2D eigenvalue weighted by Gasteiger charge is 2.19. The van der Waals surface area contributed by atoms with Gasteiger partial charge in [0.1, 0.15) is 0 Å². The molecule has 0 saturated heterocycles. The zero-order valence-corrected chi connectivity index (χ0v) is 17.6. The number of hydrogen-bond donors (Lipinski definition) is 3. The van der Waals surface area contributed by atoms with Crippen molar-refractivity contribution in [1.82, 2.24) is 15.6 Å². The average molecular weight is 466 g/mol. The first kappa shape index (κ1) is 20.0. The highest BCUT2D eigenvalue weighted by atomic mass is 79.9. The number of amides is 2. The van der Waals surface area contributed by atoms with Gasteiger partial charge in [0, 0.05) is 29.6 Å². The average Bonchev–Trinajstić information content (AvgIpc) is 3.40. The van der Waals surface area contributed by atoms with Crippen LogP contribution in [0.25, 0.3) is 10.9 Å². The van der Waals surface area contributed by atoms with Crippen molar-refractivity contribution in [3.05, 3.63) is 94.5 Å². The quantitative estimate of drug-likeness (QED) is 0.382. The molecule has 0 aliphatic heterocycles. The Labute approximate surface area is 181 Å². The maximum Gasteiger partial charge on any atom is 0.287 e. The number of para-hydroxylation sites is 1. The number of furan rings is 1. The van der Waals surface area contributed by atoms with E-state index in [0.717, 1.165) is 22.0 Å². The highest BCUT2D eigenvalue weighted by Crippen LogP contribution is 2.30. The zero-order chi connectivity index (χ0) is 20.9. The molecule has 3 N–H and O–H groups in total. The molecule has 0 saturated carbocycles. The van der Waals surface area contributed by atoms with Crippen molar-refractivity contribution in [1.29, 1.82) is 0 Å². The first-order valence-electron chi connectivity index (χ1n) is 9.53. The van der Waals surface area contributed by atoms with Crippen LogP contribution in [0, 0.1) is 0 Å². The van der Waals surface area contributed by atoms with Gasteiger partial charge in [0.2, 0.25) is 5.91 Å². The second-order valence-corrected chi connectivity index (χ2v) is 7.62. The molecule has 1 unspecified atom stereocenters. The van der Waals surface area contributed by atoms with Crippen molar-refractivity contribution in [3.63, 3.8) is 0 Å². The molecule has 0 aliphatic rings. The summed E-state index contributed by atoms with van der Waals surface area (Å²) in [7, 11) is 0. The van der Waals surface area contributed by atoms with Gasteiger partial charge in [-0.2, -0.15) is 0 Å². The van der Waals surface area contributed by atoms with E-state index < -0.39 is 5.91 Å². The fraction of sp³-hybridized carbons (Fsp3) is 0.130. The Morgan fingerprint density at radius 2 is 1.73 bits per heavy atom. The van der Waals surface area contributed by atoms with Gasteiger partial charge < -0.3 is 20.0 Å². The van der Waals surface area contributed by atoms with Gasteiger partial charge in [-0.3, -0.25) is 9.59 Å². The van der Waals surface area contributed by atoms with Crippen molar-refractivity contribution >= 4 is 38.6 Å². The van der Waals surface area contributed by atoms with Crippen LogP contribution in [0.1, 0.15) is 27.6 Å². The minimum Gasteiger partial charge on any atom is -0.444 e. The van der Waals surface area contributed by atoms with E-state index in [-0.39, 0.29) is 24.1 Å². The number of carbonyl (C=O) groups excluding carboxylic acids is 2. The van der Waals surface area contributed by atoms with Crippen LogP contribution in [-0.4, -0.2) is 29.9 Å². The van der Waals surface area contributed by atoms with Gasteiger partial charge in [-0.15, -0.1) is 0 Å². The molecule has 4 aromatic rings. The van der Waals surface area contributed by atoms with Gasteiger partial charge in [-0.05, 0) is 45.3 Å². The number of H-pyrrole nitrogens is 1. The van der Waals surface area contributed by atoms with Crippen LogP contribution in [0.3, 0.4) is 0 Å². The third kappa shape index (κ3) is 4.46. The van der Waals surface area contributed by atoms with Crippen LogP contribution in [-0.2, 0) is 4.79 Å². The fourth-order valence-corrected chi connectivity index (χ4v) is 3.74. The molecule has 7 heteroatoms. The molecule has 0 radical (unpaired) electrons. The molecular weight excluding hydrogens is 446 g/mol. The number of carbonyl (C=O) groups is 2. The van der Waals surface area contributed by atoms with Crippen molar-refractivity contribution < 1.29 is 14.0 Å². The largest absolute Gasteiger partial charge is 0.444 e. The normalized spacial score (nSPS) is 11.9. The van der Waals surface area contributed by atoms with Crippen molar-refractivity contribution in [2.24, 2.45) is 0 Å². The van der Waals surface area contributed by atoms with Crippen molar-refractivity contribution in [2.75, 3.05) is 13.1 Å². The highest BCUT2D eigenvalue weighted by molar-refractivity contribution is 9.10. The van der Waals surface area contributed by atoms with Crippen molar-refractivity contribution in [2.45, 2.75) is 5.92 Å². The number of benzene rings is 2. The molecule has 1 atom stereocenters. The first-order chi connectivity index (χ1) is 14.6. The van der Waals surface area contributed by atoms with Gasteiger partial charge in [0.15, 0.2) is 10.4 Å². The molecule has 2 heterocycles. The first-order valence-corrected chi connectivity index (χ1v) is 10.3. The Kier molecular flexibility index (Phi) is 5.99. The molecule has 0 aliphatic carbocycles. The minimum absolute atomic E-state index is 0.0250. The minimum atomic E-state index is -0.438. The van der Waals surface area contributed by atoms with Gasteiger partial charge in [-0.25, -0.2) is 0 Å². The number of nitrogens with one attached hydrogen (secondary N) is 3. The van der Waals surface area contributed by atoms with E-state index in [2.05, 4.69) is 49.7 Å². The van der Waals surface area contributed by atoms with Crippen LogP contribution in [0.15, 0.2) is 82.0 Å². The van der Waals surface area contributed by atoms with Gasteiger partial charge in [0.05, 0.1) is 6.54 Å². The Hall–Kier alpha value is -3.32. The third-order valence-corrected chi connectivity index (χ3v) is 5.33. The van der Waals surface area contributed by atoms with Crippen LogP contribution < -0.4 is 10.6 Å². The van der Waals surface area contributed by atoms with Crippen LogP contribution in [0.5, 0.6) is 0 Å². The molecule has 0 fully saturated rings. The molecule has 4 rings (SSSR count). The summed E-state index contributed by atoms with van der Waals surface area (Å²) in [6.45, 7) is 0.277. The van der Waals surface area contributed by atoms with Gasteiger partial charge in [0.25, 0.3) is 5.91 Å². The Morgan fingerprint density at radius 3 is 2.50 bits per heavy atom. The number of aromatic nitrogens is 1. The number of aromatic amines is 1. The lowest BCUT2D eigenvalue weighted by atomic mass is 9.91. The molecule has 0 spiro atoms. The van der Waals surface area contributed by atoms with E-state index in [4.69, 9.17) is 4.42 Å². The number of rotatable bonds is 7. The smallest absolute Gasteiger partial charge is 0.287 e. The van der Waals surface area contributed by atoms with E-state index in [1.54, 1.807) is 12.1 Å². The summed E-state index contributed by atoms with van der Waals surface area (Å²) < 4.78 is 5.65. The van der Waals surface area contributed by atoms with Crippen LogP contribution in [0.4, 0.5) is 0 Å². The van der Waals surface area contributed by atoms with E-state index in [1.165, 1.54) is 0 Å². The summed E-state index contributed by atoms with van der Waals surface area (Å²) in [5.41, 5.74) is 3.27. The molecule has 30 heavy (non-hydrogen) atoms. The van der Waals surface area contributed by atoms with Crippen molar-refractivity contribution in [3.8, 4) is 0 Å². The lowest BCUT2D eigenvalue weighted by Crippen LogP contribution is -2.38. The zero-order valence-electron chi connectivity index (χ0n) is 16.0. The standard InChI is InChI=1S/C23H20BrN3O3/c24-21-11-10-20(30-21)23(29)27-14-22(28)26-12-17(15-6-2-1-3-7-15)18-13-25-19-9-5-4-8-16(18)19/h1-11,13,17,25H,12,14H2,(H,26,28)(H,27,29). The lowest BCUT2D eigenvalue weighted by Gasteiger charge is -2.18. The van der Waals surface area contributed by atoms with E-state index in [0.29, 0.717) is 11.2 Å². The lowest BCUT2D eigenvalue weighted by molar-refractivity contribution is -0.120. The molecule has 0 bridgehead atoms. The maximum atomic E-state index is 12.4. The third-order valence-electron chi connectivity index (χ3n) is 4.91. The predicted molar refractivity (Wildman–Crippen MR) is 118 cm³/mol. The molecular formula is C23H20BrN3O3. The summed E-state index contributed by atoms with van der Waals surface area (Å²) in [6.07, 6.45) is 1.99. The predicted octanol–water partition coefficient (Wildman–Crippen LogP) is 4.20. The summed E-state index contributed by atoms with van der Waals surface area (Å²) in [5, 5.41) is 6.63. The summed E-state index contributed by atoms with van der Waals surface area (Å²) in [4.78, 5) is 27.7. The molecule has 2 aromatic carbocycles. The molecule has 6 nitrogen and oxygen atoms in total. The van der Waals surface area contributed by atoms with Gasteiger partial charge >= 0.3 is 0 Å². The Balaban J connectivity index is 1.45. The van der Waals surface area contributed by atoms with Crippen LogP contribution >= 0.6 is 15.9 Å². The molecule has 2 aromatic heterocycles. The van der Waals surface area contributed by atoms with Crippen LogP contribution in [0.2, 0.25) is 0 Å². The summed E-state index contributed by atoms with van der Waals surface area (Å²) in [6, 6.07) is 21.3. The second kappa shape index (κ2) is 9.00. The van der Waals surface area contributed by atoms with E-state index >= 15 is 0 Å². The molecule has 152 valence electrons. The number of hydrogen-bond acceptors (Lipinski definition) is 3. The second-order valence-electron chi connectivity index (χ2n) is 6.84. The Morgan fingerprint density at radius 1 is 0.967 bits per heavy atom. The fourth-order valence-electron chi connectivity index (χ4n) is 3.44. The topological polar surface area (TPSA) is 87.1 Å². The van der Waals surface area contributed by atoms with E-state index in [9.17, 15) is 9.59 Å². The number of halogens is 1. The summed E-state index contributed by atoms with van der Waals surface area (Å²) >= 11 is 3.15. The summed E-state index contributed by atoms with van der Waals surface area (Å²) in [5.74, 6) is -0.583. The molecule has 2 amide bonds. The monoisotopic (exact) mass is 465 g/mol. The Bertz CT molecular complexity index is 1170. The van der Waals surface area contributed by atoms with E-state index in [1.807, 2.05) is 42.6 Å². The maximum absolute atomic E-state index is 12.4. The number of fused-ring (bicyclic) bond motifs is 1. The van der Waals surface area contributed by atoms with Gasteiger partial charge in [-0.1, -0.05) is 48.5 Å². The SMILES string of the molecule is O=C(CNC(=O)c1ccc(Br)o1)NCC(c1ccccc1)c1c[nH]c2ccccc12.